The Hall–Kier alpha value is -3.68. The largest absolute Gasteiger partial charge is 0.486 e. The van der Waals surface area contributed by atoms with E-state index in [1.165, 1.54) is 6.92 Å². The first kappa shape index (κ1) is 19.1. The first-order valence-corrected chi connectivity index (χ1v) is 8.89. The van der Waals surface area contributed by atoms with Crippen molar-refractivity contribution in [1.29, 1.82) is 0 Å². The Morgan fingerprint density at radius 3 is 2.54 bits per heavy atom. The summed E-state index contributed by atoms with van der Waals surface area (Å²) in [5, 5.41) is 5.89. The monoisotopic (exact) mass is 378 g/mol. The standard InChI is InChI=1S/C20H22N6O2/c1-3-14-6-4-5-7-17(14)23-20-25-18(24-19(21)26-20)12-28-16-10-8-15(9-11-16)22-13(2)27/h4-11H,3,12H2,1-2H3,(H,22,27)(H3,21,23,24,25,26). The first-order chi connectivity index (χ1) is 13.5. The number of rotatable bonds is 7. The van der Waals surface area contributed by atoms with Crippen LogP contribution < -0.4 is 21.1 Å². The molecular formula is C20H22N6O2. The van der Waals surface area contributed by atoms with Crippen molar-refractivity contribution >= 4 is 29.2 Å². The number of nitrogens with one attached hydrogen (secondary N) is 2. The van der Waals surface area contributed by atoms with E-state index in [4.69, 9.17) is 10.5 Å². The summed E-state index contributed by atoms with van der Waals surface area (Å²) in [7, 11) is 0. The van der Waals surface area contributed by atoms with Gasteiger partial charge in [-0.15, -0.1) is 0 Å². The highest BCUT2D eigenvalue weighted by atomic mass is 16.5. The molecule has 1 amide bonds. The van der Waals surface area contributed by atoms with Crippen molar-refractivity contribution in [3.05, 3.63) is 59.9 Å². The molecule has 0 fully saturated rings. The lowest BCUT2D eigenvalue weighted by Crippen LogP contribution is -2.10. The molecule has 28 heavy (non-hydrogen) atoms. The number of ether oxygens (including phenoxy) is 1. The average Bonchev–Trinajstić information content (AvgIpc) is 2.67. The Labute approximate surface area is 163 Å². The number of nitrogens with zero attached hydrogens (tertiary/aromatic N) is 3. The van der Waals surface area contributed by atoms with Gasteiger partial charge in [0, 0.05) is 18.3 Å². The van der Waals surface area contributed by atoms with Gasteiger partial charge < -0.3 is 21.1 Å². The summed E-state index contributed by atoms with van der Waals surface area (Å²) in [5.41, 5.74) is 8.60. The maximum Gasteiger partial charge on any atom is 0.232 e. The molecular weight excluding hydrogens is 356 g/mol. The number of hydrogen-bond acceptors (Lipinski definition) is 7. The lowest BCUT2D eigenvalue weighted by molar-refractivity contribution is -0.114. The maximum atomic E-state index is 11.1. The molecule has 0 spiro atoms. The Morgan fingerprint density at radius 2 is 1.82 bits per heavy atom. The topological polar surface area (TPSA) is 115 Å². The summed E-state index contributed by atoms with van der Waals surface area (Å²) in [4.78, 5) is 23.7. The molecule has 0 saturated heterocycles. The van der Waals surface area contributed by atoms with Crippen molar-refractivity contribution in [2.24, 2.45) is 0 Å². The number of amides is 1. The van der Waals surface area contributed by atoms with Crippen molar-refractivity contribution in [2.75, 3.05) is 16.4 Å². The molecule has 0 atom stereocenters. The van der Waals surface area contributed by atoms with Crippen LogP contribution in [0.5, 0.6) is 5.75 Å². The minimum absolute atomic E-state index is 0.117. The van der Waals surface area contributed by atoms with E-state index in [-0.39, 0.29) is 18.5 Å². The van der Waals surface area contributed by atoms with Gasteiger partial charge >= 0.3 is 0 Å². The van der Waals surface area contributed by atoms with E-state index < -0.39 is 0 Å². The number of para-hydroxylation sites is 1. The highest BCUT2D eigenvalue weighted by Crippen LogP contribution is 2.20. The summed E-state index contributed by atoms with van der Waals surface area (Å²) in [5.74, 6) is 1.40. The minimum Gasteiger partial charge on any atom is -0.486 e. The van der Waals surface area contributed by atoms with Crippen LogP contribution in [-0.2, 0) is 17.8 Å². The number of hydrogen-bond donors (Lipinski definition) is 3. The summed E-state index contributed by atoms with van der Waals surface area (Å²) in [6, 6.07) is 15.0. The van der Waals surface area contributed by atoms with Crippen molar-refractivity contribution in [2.45, 2.75) is 26.9 Å². The minimum atomic E-state index is -0.126. The van der Waals surface area contributed by atoms with Gasteiger partial charge in [-0.05, 0) is 42.3 Å². The maximum absolute atomic E-state index is 11.1. The van der Waals surface area contributed by atoms with E-state index in [0.717, 1.165) is 17.7 Å². The fourth-order valence-electron chi connectivity index (χ4n) is 2.62. The van der Waals surface area contributed by atoms with Crippen LogP contribution in [0.15, 0.2) is 48.5 Å². The highest BCUT2D eigenvalue weighted by molar-refractivity contribution is 5.88. The summed E-state index contributed by atoms with van der Waals surface area (Å²) in [6.45, 7) is 3.68. The molecule has 0 saturated carbocycles. The number of anilines is 4. The van der Waals surface area contributed by atoms with Crippen LogP contribution in [0.4, 0.5) is 23.3 Å². The van der Waals surface area contributed by atoms with Crippen molar-refractivity contribution in [3.8, 4) is 5.75 Å². The second kappa shape index (κ2) is 8.81. The number of nitrogens with two attached hydrogens (primary N) is 1. The van der Waals surface area contributed by atoms with Crippen molar-refractivity contribution in [3.63, 3.8) is 0 Å². The molecule has 0 bridgehead atoms. The molecule has 0 aliphatic rings. The second-order valence-corrected chi connectivity index (χ2v) is 6.06. The molecule has 1 heterocycles. The van der Waals surface area contributed by atoms with Crippen LogP contribution in [-0.4, -0.2) is 20.9 Å². The van der Waals surface area contributed by atoms with Gasteiger partial charge in [0.25, 0.3) is 0 Å². The average molecular weight is 378 g/mol. The molecule has 4 N–H and O–H groups in total. The Bertz CT molecular complexity index is 959. The van der Waals surface area contributed by atoms with Crippen LogP contribution in [0.1, 0.15) is 25.2 Å². The number of aryl methyl sites for hydroxylation is 1. The number of benzene rings is 2. The molecule has 144 valence electrons. The Balaban J connectivity index is 1.68. The molecule has 0 aliphatic heterocycles. The van der Waals surface area contributed by atoms with E-state index in [1.54, 1.807) is 24.3 Å². The smallest absolute Gasteiger partial charge is 0.232 e. The Kier molecular flexibility index (Phi) is 6.01. The van der Waals surface area contributed by atoms with E-state index in [1.807, 2.05) is 24.3 Å². The molecule has 3 aromatic rings. The van der Waals surface area contributed by atoms with Crippen LogP contribution in [0, 0.1) is 0 Å². The number of carbonyl (C=O) groups is 1. The van der Waals surface area contributed by atoms with Gasteiger partial charge in [0.1, 0.15) is 12.4 Å². The van der Waals surface area contributed by atoms with E-state index in [0.29, 0.717) is 23.2 Å². The first-order valence-electron chi connectivity index (χ1n) is 8.89. The quantitative estimate of drug-likeness (QED) is 0.578. The molecule has 0 radical (unpaired) electrons. The molecule has 1 aromatic heterocycles. The zero-order chi connectivity index (χ0) is 19.9. The van der Waals surface area contributed by atoms with Crippen LogP contribution in [0.25, 0.3) is 0 Å². The van der Waals surface area contributed by atoms with Gasteiger partial charge in [0.05, 0.1) is 0 Å². The van der Waals surface area contributed by atoms with Gasteiger partial charge in [-0.3, -0.25) is 4.79 Å². The summed E-state index contributed by atoms with van der Waals surface area (Å²) in [6.07, 6.45) is 0.883. The zero-order valence-electron chi connectivity index (χ0n) is 15.8. The van der Waals surface area contributed by atoms with Gasteiger partial charge in [-0.2, -0.15) is 15.0 Å². The van der Waals surface area contributed by atoms with Crippen LogP contribution in [0.2, 0.25) is 0 Å². The number of nitrogen functional groups attached to an aromatic ring is 1. The molecule has 3 rings (SSSR count). The third-order valence-electron chi connectivity index (χ3n) is 3.89. The predicted octanol–water partition coefficient (Wildman–Crippen LogP) is 3.30. The molecule has 8 nitrogen and oxygen atoms in total. The third-order valence-corrected chi connectivity index (χ3v) is 3.89. The molecule has 0 aliphatic carbocycles. The summed E-state index contributed by atoms with van der Waals surface area (Å²) >= 11 is 0. The van der Waals surface area contributed by atoms with Crippen molar-refractivity contribution < 1.29 is 9.53 Å². The van der Waals surface area contributed by atoms with E-state index in [9.17, 15) is 4.79 Å². The number of aromatic nitrogens is 3. The lowest BCUT2D eigenvalue weighted by atomic mass is 10.1. The van der Waals surface area contributed by atoms with Crippen LogP contribution >= 0.6 is 0 Å². The fraction of sp³-hybridized carbons (Fsp3) is 0.200. The zero-order valence-corrected chi connectivity index (χ0v) is 15.8. The second-order valence-electron chi connectivity index (χ2n) is 6.06. The molecule has 0 unspecified atom stereocenters. The van der Waals surface area contributed by atoms with Gasteiger partial charge in [0.2, 0.25) is 17.8 Å². The van der Waals surface area contributed by atoms with E-state index >= 15 is 0 Å². The lowest BCUT2D eigenvalue weighted by Gasteiger charge is -2.11. The highest BCUT2D eigenvalue weighted by Gasteiger charge is 2.08. The number of carbonyl (C=O) groups excluding carboxylic acids is 1. The van der Waals surface area contributed by atoms with Gasteiger partial charge in [-0.1, -0.05) is 25.1 Å². The summed E-state index contributed by atoms with van der Waals surface area (Å²) < 4.78 is 5.71. The third kappa shape index (κ3) is 5.16. The van der Waals surface area contributed by atoms with Gasteiger partial charge in [-0.25, -0.2) is 0 Å². The van der Waals surface area contributed by atoms with Crippen LogP contribution in [0.3, 0.4) is 0 Å². The molecule has 8 heteroatoms. The normalized spacial score (nSPS) is 10.4. The fourth-order valence-corrected chi connectivity index (χ4v) is 2.62. The van der Waals surface area contributed by atoms with Gasteiger partial charge in [0.15, 0.2) is 5.82 Å². The van der Waals surface area contributed by atoms with E-state index in [2.05, 4.69) is 32.5 Å². The SMILES string of the molecule is CCc1ccccc1Nc1nc(N)nc(COc2ccc(NC(C)=O)cc2)n1. The van der Waals surface area contributed by atoms with Crippen molar-refractivity contribution in [1.82, 2.24) is 15.0 Å². The predicted molar refractivity (Wildman–Crippen MR) is 108 cm³/mol. The Morgan fingerprint density at radius 1 is 1.07 bits per heavy atom. The molecule has 2 aromatic carbocycles.